The molecule has 2 rings (SSSR count). The molecule has 0 radical (unpaired) electrons. The second-order valence-corrected chi connectivity index (χ2v) is 7.81. The first kappa shape index (κ1) is 13.8. The molecule has 0 aliphatic heterocycles. The standard InChI is InChI=1S/C14H23N3S/c1-14(2,3)18-9-13-16-8-11-6-10(7-15)4-5-12(11)17-13/h8,10H,4-7,9,15H2,1-3H3. The van der Waals surface area contributed by atoms with Crippen molar-refractivity contribution in [1.82, 2.24) is 9.97 Å². The Morgan fingerprint density at radius 3 is 2.89 bits per heavy atom. The smallest absolute Gasteiger partial charge is 0.138 e. The van der Waals surface area contributed by atoms with E-state index in [0.717, 1.165) is 31.0 Å². The third kappa shape index (κ3) is 3.69. The molecule has 0 saturated carbocycles. The molecule has 18 heavy (non-hydrogen) atoms. The number of fused-ring (bicyclic) bond motifs is 1. The summed E-state index contributed by atoms with van der Waals surface area (Å²) in [4.78, 5) is 9.20. The van der Waals surface area contributed by atoms with Crippen molar-refractivity contribution in [3.05, 3.63) is 23.3 Å². The average Bonchev–Trinajstić information content (AvgIpc) is 2.34. The molecule has 2 N–H and O–H groups in total. The van der Waals surface area contributed by atoms with Crippen molar-refractivity contribution in [2.75, 3.05) is 6.54 Å². The molecule has 0 amide bonds. The van der Waals surface area contributed by atoms with Crippen LogP contribution in [-0.2, 0) is 18.6 Å². The second kappa shape index (κ2) is 5.57. The van der Waals surface area contributed by atoms with Crippen molar-refractivity contribution >= 4 is 11.8 Å². The topological polar surface area (TPSA) is 51.8 Å². The van der Waals surface area contributed by atoms with Crippen LogP contribution in [-0.4, -0.2) is 21.3 Å². The Bertz CT molecular complexity index is 412. The molecule has 1 aliphatic carbocycles. The van der Waals surface area contributed by atoms with Gasteiger partial charge < -0.3 is 5.73 Å². The third-order valence-electron chi connectivity index (χ3n) is 3.27. The van der Waals surface area contributed by atoms with Crippen LogP contribution in [0.25, 0.3) is 0 Å². The number of rotatable bonds is 3. The van der Waals surface area contributed by atoms with E-state index in [0.29, 0.717) is 5.92 Å². The predicted molar refractivity (Wildman–Crippen MR) is 77.6 cm³/mol. The van der Waals surface area contributed by atoms with Crippen LogP contribution >= 0.6 is 11.8 Å². The highest BCUT2D eigenvalue weighted by Gasteiger charge is 2.20. The van der Waals surface area contributed by atoms with Gasteiger partial charge in [0.2, 0.25) is 0 Å². The number of hydrogen-bond acceptors (Lipinski definition) is 4. The largest absolute Gasteiger partial charge is 0.330 e. The summed E-state index contributed by atoms with van der Waals surface area (Å²) < 4.78 is 0.268. The summed E-state index contributed by atoms with van der Waals surface area (Å²) in [5.41, 5.74) is 8.30. The maximum atomic E-state index is 5.74. The molecule has 100 valence electrons. The molecule has 1 atom stereocenters. The lowest BCUT2D eigenvalue weighted by molar-refractivity contribution is 0.460. The molecule has 0 saturated heterocycles. The first-order valence-corrected chi connectivity index (χ1v) is 7.64. The summed E-state index contributed by atoms with van der Waals surface area (Å²) >= 11 is 1.90. The highest BCUT2D eigenvalue weighted by Crippen LogP contribution is 2.27. The summed E-state index contributed by atoms with van der Waals surface area (Å²) in [7, 11) is 0. The Morgan fingerprint density at radius 2 is 2.22 bits per heavy atom. The van der Waals surface area contributed by atoms with Gasteiger partial charge >= 0.3 is 0 Å². The van der Waals surface area contributed by atoms with Gasteiger partial charge in [0, 0.05) is 16.6 Å². The van der Waals surface area contributed by atoms with Gasteiger partial charge in [-0.05, 0) is 37.3 Å². The molecule has 3 nitrogen and oxygen atoms in total. The second-order valence-electron chi connectivity index (χ2n) is 6.00. The van der Waals surface area contributed by atoms with Crippen LogP contribution in [0, 0.1) is 5.92 Å². The number of nitrogens with zero attached hydrogens (tertiary/aromatic N) is 2. The van der Waals surface area contributed by atoms with Gasteiger partial charge in [-0.2, -0.15) is 0 Å². The molecule has 0 fully saturated rings. The van der Waals surface area contributed by atoms with E-state index in [1.54, 1.807) is 0 Å². The van der Waals surface area contributed by atoms with Crippen LogP contribution in [0.15, 0.2) is 6.20 Å². The molecular formula is C14H23N3S. The fraction of sp³-hybridized carbons (Fsp3) is 0.714. The summed E-state index contributed by atoms with van der Waals surface area (Å²) in [6, 6.07) is 0. The van der Waals surface area contributed by atoms with E-state index in [1.165, 1.54) is 17.7 Å². The third-order valence-corrected chi connectivity index (χ3v) is 4.54. The monoisotopic (exact) mass is 265 g/mol. The van der Waals surface area contributed by atoms with Gasteiger partial charge in [0.25, 0.3) is 0 Å². The molecular weight excluding hydrogens is 242 g/mol. The van der Waals surface area contributed by atoms with Gasteiger partial charge in [-0.3, -0.25) is 0 Å². The summed E-state index contributed by atoms with van der Waals surface area (Å²) in [6.45, 7) is 7.45. The van der Waals surface area contributed by atoms with E-state index in [1.807, 2.05) is 18.0 Å². The Kier molecular flexibility index (Phi) is 4.28. The van der Waals surface area contributed by atoms with E-state index in [-0.39, 0.29) is 4.75 Å². The minimum Gasteiger partial charge on any atom is -0.330 e. The number of hydrogen-bond donors (Lipinski definition) is 1. The predicted octanol–water partition coefficient (Wildman–Crippen LogP) is 2.57. The zero-order valence-corrected chi connectivity index (χ0v) is 12.4. The van der Waals surface area contributed by atoms with E-state index >= 15 is 0 Å². The normalized spacial score (nSPS) is 19.7. The zero-order valence-electron chi connectivity index (χ0n) is 11.6. The first-order chi connectivity index (χ1) is 8.48. The van der Waals surface area contributed by atoms with Crippen molar-refractivity contribution in [3.63, 3.8) is 0 Å². The number of thioether (sulfide) groups is 1. The highest BCUT2D eigenvalue weighted by molar-refractivity contribution is 7.99. The quantitative estimate of drug-likeness (QED) is 0.912. The van der Waals surface area contributed by atoms with Crippen LogP contribution in [0.4, 0.5) is 0 Å². The maximum Gasteiger partial charge on any atom is 0.138 e. The van der Waals surface area contributed by atoms with Crippen LogP contribution < -0.4 is 5.73 Å². The molecule has 1 heterocycles. The molecule has 1 aromatic rings. The molecule has 1 aromatic heterocycles. The Morgan fingerprint density at radius 1 is 1.44 bits per heavy atom. The van der Waals surface area contributed by atoms with Crippen LogP contribution in [0.1, 0.15) is 44.3 Å². The van der Waals surface area contributed by atoms with Gasteiger partial charge in [0.15, 0.2) is 0 Å². The lowest BCUT2D eigenvalue weighted by atomic mass is 9.87. The minimum atomic E-state index is 0.268. The van der Waals surface area contributed by atoms with E-state index in [4.69, 9.17) is 10.7 Å². The summed E-state index contributed by atoms with van der Waals surface area (Å²) in [5.74, 6) is 2.49. The molecule has 1 aliphatic rings. The van der Waals surface area contributed by atoms with Gasteiger partial charge in [0.05, 0.1) is 5.75 Å². The molecule has 4 heteroatoms. The maximum absolute atomic E-state index is 5.74. The zero-order chi connectivity index (χ0) is 13.2. The highest BCUT2D eigenvalue weighted by atomic mass is 32.2. The van der Waals surface area contributed by atoms with Gasteiger partial charge in [-0.1, -0.05) is 20.8 Å². The van der Waals surface area contributed by atoms with Crippen LogP contribution in [0.2, 0.25) is 0 Å². The summed E-state index contributed by atoms with van der Waals surface area (Å²) in [6.07, 6.45) is 5.31. The Balaban J connectivity index is 2.04. The minimum absolute atomic E-state index is 0.268. The Hall–Kier alpha value is -0.610. The van der Waals surface area contributed by atoms with Crippen LogP contribution in [0.5, 0.6) is 0 Å². The molecule has 0 bridgehead atoms. The fourth-order valence-electron chi connectivity index (χ4n) is 2.18. The molecule has 1 unspecified atom stereocenters. The van der Waals surface area contributed by atoms with Crippen molar-refractivity contribution in [1.29, 1.82) is 0 Å². The van der Waals surface area contributed by atoms with Gasteiger partial charge in [0.1, 0.15) is 5.82 Å². The number of nitrogens with two attached hydrogens (primary N) is 1. The van der Waals surface area contributed by atoms with E-state index in [2.05, 4.69) is 25.8 Å². The van der Waals surface area contributed by atoms with Crippen molar-refractivity contribution < 1.29 is 0 Å². The Labute approximate surface area is 114 Å². The van der Waals surface area contributed by atoms with Crippen molar-refractivity contribution in [2.45, 2.75) is 50.5 Å². The lowest BCUT2D eigenvalue weighted by Crippen LogP contribution is -2.23. The van der Waals surface area contributed by atoms with E-state index in [9.17, 15) is 0 Å². The van der Waals surface area contributed by atoms with Gasteiger partial charge in [-0.25, -0.2) is 9.97 Å². The molecule has 0 spiro atoms. The lowest BCUT2D eigenvalue weighted by Gasteiger charge is -2.23. The van der Waals surface area contributed by atoms with Crippen molar-refractivity contribution in [2.24, 2.45) is 11.7 Å². The summed E-state index contributed by atoms with van der Waals surface area (Å²) in [5, 5.41) is 0. The average molecular weight is 265 g/mol. The number of aryl methyl sites for hydroxylation is 1. The van der Waals surface area contributed by atoms with Crippen molar-refractivity contribution in [3.8, 4) is 0 Å². The van der Waals surface area contributed by atoms with Gasteiger partial charge in [-0.15, -0.1) is 11.8 Å². The molecule has 0 aromatic carbocycles. The van der Waals surface area contributed by atoms with Crippen LogP contribution in [0.3, 0.4) is 0 Å². The first-order valence-electron chi connectivity index (χ1n) is 6.65. The fourth-order valence-corrected chi connectivity index (χ4v) is 2.88. The SMILES string of the molecule is CC(C)(C)SCc1ncc2c(n1)CCC(CN)C2. The van der Waals surface area contributed by atoms with E-state index < -0.39 is 0 Å². The number of aromatic nitrogens is 2.